The summed E-state index contributed by atoms with van der Waals surface area (Å²) in [6, 6.07) is 9.34. The van der Waals surface area contributed by atoms with Crippen LogP contribution in [0.5, 0.6) is 0 Å². The van der Waals surface area contributed by atoms with Gasteiger partial charge in [-0.3, -0.25) is 0 Å². The maximum atomic E-state index is 11.5. The molecule has 0 fully saturated rings. The van der Waals surface area contributed by atoms with E-state index in [0.717, 1.165) is 11.3 Å². The van der Waals surface area contributed by atoms with Gasteiger partial charge in [0.25, 0.3) is 0 Å². The van der Waals surface area contributed by atoms with Crippen LogP contribution in [0.2, 0.25) is 5.02 Å². The second-order valence-electron chi connectivity index (χ2n) is 6.37. The Morgan fingerprint density at radius 3 is 2.43 bits per heavy atom. The van der Waals surface area contributed by atoms with E-state index >= 15 is 0 Å². The van der Waals surface area contributed by atoms with E-state index in [-0.39, 0.29) is 5.92 Å². The molecule has 2 aromatic carbocycles. The molecule has 23 heavy (non-hydrogen) atoms. The van der Waals surface area contributed by atoms with Gasteiger partial charge in [-0.2, -0.15) is 0 Å². The Kier molecular flexibility index (Phi) is 4.07. The number of anilines is 1. The molecule has 2 N–H and O–H groups in total. The summed E-state index contributed by atoms with van der Waals surface area (Å²) in [6.45, 7) is 6.27. The van der Waals surface area contributed by atoms with E-state index in [0.29, 0.717) is 11.4 Å². The maximum Gasteiger partial charge on any atom is 0.326 e. The molecule has 0 amide bonds. The Bertz CT molecular complexity index is 762. The van der Waals surface area contributed by atoms with Gasteiger partial charge in [-0.15, -0.1) is 0 Å². The van der Waals surface area contributed by atoms with Crippen molar-refractivity contribution in [2.45, 2.75) is 39.2 Å². The van der Waals surface area contributed by atoms with Gasteiger partial charge in [0, 0.05) is 16.6 Å². The summed E-state index contributed by atoms with van der Waals surface area (Å²) in [5.41, 5.74) is 6.77. The number of benzene rings is 2. The maximum absolute atomic E-state index is 11.5. The fourth-order valence-corrected chi connectivity index (χ4v) is 3.92. The van der Waals surface area contributed by atoms with E-state index in [1.54, 1.807) is 6.07 Å². The smallest absolute Gasteiger partial charge is 0.326 e. The van der Waals surface area contributed by atoms with E-state index in [9.17, 15) is 9.90 Å². The normalized spacial score (nSPS) is 19.8. The Balaban J connectivity index is 2.18. The lowest BCUT2D eigenvalue weighted by atomic mass is 9.78. The largest absolute Gasteiger partial charge is 0.480 e. The highest BCUT2D eigenvalue weighted by Crippen LogP contribution is 2.42. The highest BCUT2D eigenvalue weighted by Gasteiger charge is 2.33. The van der Waals surface area contributed by atoms with Crippen LogP contribution in [-0.4, -0.2) is 17.1 Å². The van der Waals surface area contributed by atoms with E-state index in [2.05, 4.69) is 38.2 Å². The molecule has 0 radical (unpaired) electrons. The number of rotatable bonds is 2. The molecule has 0 aliphatic carbocycles. The molecule has 1 heterocycles. The molecule has 120 valence electrons. The van der Waals surface area contributed by atoms with Crippen molar-refractivity contribution < 1.29 is 9.90 Å². The van der Waals surface area contributed by atoms with Crippen molar-refractivity contribution in [3.8, 4) is 0 Å². The third-order valence-electron chi connectivity index (χ3n) is 4.57. The van der Waals surface area contributed by atoms with Crippen LogP contribution in [0.4, 0.5) is 5.69 Å². The minimum Gasteiger partial charge on any atom is -0.480 e. The summed E-state index contributed by atoms with van der Waals surface area (Å²) in [6.07, 6.45) is 0.521. The molecule has 2 aromatic rings. The van der Waals surface area contributed by atoms with Crippen molar-refractivity contribution in [3.05, 3.63) is 63.2 Å². The highest BCUT2D eigenvalue weighted by molar-refractivity contribution is 6.30. The summed E-state index contributed by atoms with van der Waals surface area (Å²) in [5, 5.41) is 13.3. The first-order chi connectivity index (χ1) is 10.9. The number of halogens is 1. The number of aliphatic carboxylic acids is 1. The van der Waals surface area contributed by atoms with Gasteiger partial charge in [0.2, 0.25) is 0 Å². The lowest BCUT2D eigenvalue weighted by Gasteiger charge is -2.33. The Labute approximate surface area is 141 Å². The van der Waals surface area contributed by atoms with Gasteiger partial charge in [-0.05, 0) is 67.6 Å². The Hall–Kier alpha value is -2.00. The minimum atomic E-state index is -0.821. The molecule has 3 rings (SSSR count). The average molecular weight is 330 g/mol. The van der Waals surface area contributed by atoms with Gasteiger partial charge in [-0.1, -0.05) is 29.3 Å². The Morgan fingerprint density at radius 2 is 1.83 bits per heavy atom. The van der Waals surface area contributed by atoms with Crippen LogP contribution in [-0.2, 0) is 4.79 Å². The SMILES string of the molecule is Cc1cc(C)c(C2CC(C(=O)O)Nc3ccc(Cl)cc32)c(C)c1. The van der Waals surface area contributed by atoms with E-state index < -0.39 is 12.0 Å². The second kappa shape index (κ2) is 5.89. The van der Waals surface area contributed by atoms with Crippen LogP contribution in [0, 0.1) is 20.8 Å². The number of carboxylic acids is 1. The fraction of sp³-hybridized carbons (Fsp3) is 0.316. The first kappa shape index (κ1) is 15.9. The van der Waals surface area contributed by atoms with Crippen LogP contribution in [0.15, 0.2) is 30.3 Å². The minimum absolute atomic E-state index is 0.0339. The van der Waals surface area contributed by atoms with Gasteiger partial charge in [0.05, 0.1) is 0 Å². The molecule has 2 atom stereocenters. The van der Waals surface area contributed by atoms with E-state index in [4.69, 9.17) is 11.6 Å². The highest BCUT2D eigenvalue weighted by atomic mass is 35.5. The molecular weight excluding hydrogens is 310 g/mol. The summed E-state index contributed by atoms with van der Waals surface area (Å²) < 4.78 is 0. The first-order valence-electron chi connectivity index (χ1n) is 7.73. The molecule has 0 bridgehead atoms. The molecule has 0 aromatic heterocycles. The molecular formula is C19H20ClNO2. The number of fused-ring (bicyclic) bond motifs is 1. The van der Waals surface area contributed by atoms with Gasteiger partial charge >= 0.3 is 5.97 Å². The zero-order chi connectivity index (χ0) is 16.7. The monoisotopic (exact) mass is 329 g/mol. The number of aryl methyl sites for hydroxylation is 3. The molecule has 0 saturated heterocycles. The van der Waals surface area contributed by atoms with E-state index in [1.165, 1.54) is 22.3 Å². The molecule has 1 aliphatic heterocycles. The van der Waals surface area contributed by atoms with Crippen LogP contribution < -0.4 is 5.32 Å². The summed E-state index contributed by atoms with van der Waals surface area (Å²) in [7, 11) is 0. The van der Waals surface area contributed by atoms with Crippen molar-refractivity contribution in [1.29, 1.82) is 0 Å². The van der Waals surface area contributed by atoms with Gasteiger partial charge in [0.1, 0.15) is 6.04 Å². The molecule has 0 spiro atoms. The molecule has 1 aliphatic rings. The van der Waals surface area contributed by atoms with Crippen molar-refractivity contribution in [2.75, 3.05) is 5.32 Å². The standard InChI is InChI=1S/C19H20ClNO2/c1-10-6-11(2)18(12(3)7-10)15-9-17(19(22)23)21-16-5-4-13(20)8-14(15)16/h4-8,15,17,21H,9H2,1-3H3,(H,22,23). The van der Waals surface area contributed by atoms with Crippen molar-refractivity contribution >= 4 is 23.3 Å². The van der Waals surface area contributed by atoms with Crippen molar-refractivity contribution in [1.82, 2.24) is 0 Å². The summed E-state index contributed by atoms with van der Waals surface area (Å²) in [5.74, 6) is -0.787. The van der Waals surface area contributed by atoms with Crippen LogP contribution in [0.1, 0.15) is 40.2 Å². The van der Waals surface area contributed by atoms with Crippen LogP contribution in [0.25, 0.3) is 0 Å². The fourth-order valence-electron chi connectivity index (χ4n) is 3.74. The quantitative estimate of drug-likeness (QED) is 0.842. The molecule has 2 unspecified atom stereocenters. The third kappa shape index (κ3) is 2.93. The van der Waals surface area contributed by atoms with Gasteiger partial charge in [0.15, 0.2) is 0 Å². The first-order valence-corrected chi connectivity index (χ1v) is 8.11. The lowest BCUT2D eigenvalue weighted by Crippen LogP contribution is -2.35. The average Bonchev–Trinajstić information content (AvgIpc) is 2.46. The number of carboxylic acid groups (broad SMARTS) is 1. The van der Waals surface area contributed by atoms with Gasteiger partial charge in [-0.25, -0.2) is 4.79 Å². The Morgan fingerprint density at radius 1 is 1.17 bits per heavy atom. The van der Waals surface area contributed by atoms with Crippen molar-refractivity contribution in [3.63, 3.8) is 0 Å². The molecule has 3 nitrogen and oxygen atoms in total. The van der Waals surface area contributed by atoms with Gasteiger partial charge < -0.3 is 10.4 Å². The number of carbonyl (C=O) groups is 1. The third-order valence-corrected chi connectivity index (χ3v) is 4.81. The topological polar surface area (TPSA) is 49.3 Å². The number of hydrogen-bond donors (Lipinski definition) is 2. The lowest BCUT2D eigenvalue weighted by molar-refractivity contribution is -0.138. The summed E-state index contributed by atoms with van der Waals surface area (Å²) in [4.78, 5) is 11.5. The predicted molar refractivity (Wildman–Crippen MR) is 93.6 cm³/mol. The second-order valence-corrected chi connectivity index (χ2v) is 6.80. The number of hydrogen-bond acceptors (Lipinski definition) is 2. The zero-order valence-corrected chi connectivity index (χ0v) is 14.2. The predicted octanol–water partition coefficient (Wildman–Crippen LogP) is 4.67. The van der Waals surface area contributed by atoms with E-state index in [1.807, 2.05) is 12.1 Å². The zero-order valence-electron chi connectivity index (χ0n) is 13.5. The van der Waals surface area contributed by atoms with Crippen LogP contribution >= 0.6 is 11.6 Å². The molecule has 4 heteroatoms. The van der Waals surface area contributed by atoms with Crippen LogP contribution in [0.3, 0.4) is 0 Å². The molecule has 0 saturated carbocycles. The summed E-state index contributed by atoms with van der Waals surface area (Å²) >= 11 is 6.19. The number of nitrogens with one attached hydrogen (secondary N) is 1. The van der Waals surface area contributed by atoms with Crippen molar-refractivity contribution in [2.24, 2.45) is 0 Å².